The minimum atomic E-state index is -4.46. The van der Waals surface area contributed by atoms with Crippen molar-refractivity contribution in [1.82, 2.24) is 9.78 Å². The lowest BCUT2D eigenvalue weighted by atomic mass is 10.1. The molecule has 0 bridgehead atoms. The van der Waals surface area contributed by atoms with Crippen LogP contribution in [0.3, 0.4) is 0 Å². The Kier molecular flexibility index (Phi) is 4.67. The monoisotopic (exact) mass is 366 g/mol. The minimum Gasteiger partial charge on any atom is -0.461 e. The molecule has 8 heteroatoms. The Bertz CT molecular complexity index is 963. The first kappa shape index (κ1) is 17.9. The lowest BCUT2D eigenvalue weighted by Crippen LogP contribution is -2.09. The Morgan fingerprint density at radius 3 is 2.65 bits per heavy atom. The zero-order chi connectivity index (χ0) is 18.9. The minimum absolute atomic E-state index is 0.00847. The van der Waals surface area contributed by atoms with Crippen LogP contribution in [0.1, 0.15) is 28.5 Å². The van der Waals surface area contributed by atoms with Crippen molar-refractivity contribution in [2.75, 3.05) is 6.61 Å². The van der Waals surface area contributed by atoms with E-state index in [-0.39, 0.29) is 24.2 Å². The number of nitrogens with zero attached hydrogens (tertiary/aromatic N) is 2. The van der Waals surface area contributed by atoms with E-state index in [4.69, 9.17) is 4.74 Å². The lowest BCUT2D eigenvalue weighted by Gasteiger charge is -2.09. The number of aromatic nitrogens is 2. The van der Waals surface area contributed by atoms with E-state index in [9.17, 15) is 22.4 Å². The molecule has 0 N–H and O–H groups in total. The number of hydrogen-bond donors (Lipinski definition) is 0. The van der Waals surface area contributed by atoms with Crippen LogP contribution in [-0.4, -0.2) is 22.4 Å². The maximum absolute atomic E-state index is 13.6. The first-order chi connectivity index (χ1) is 12.3. The lowest BCUT2D eigenvalue weighted by molar-refractivity contribution is -0.137. The van der Waals surface area contributed by atoms with Crippen LogP contribution in [-0.2, 0) is 17.5 Å². The van der Waals surface area contributed by atoms with Gasteiger partial charge in [-0.25, -0.2) is 9.18 Å². The molecule has 1 aromatic heterocycles. The predicted octanol–water partition coefficient (Wildman–Crippen LogP) is 4.42. The fourth-order valence-corrected chi connectivity index (χ4v) is 2.64. The Labute approximate surface area is 146 Å². The van der Waals surface area contributed by atoms with Crippen LogP contribution in [0.2, 0.25) is 0 Å². The molecule has 0 spiro atoms. The second-order valence-corrected chi connectivity index (χ2v) is 5.59. The number of alkyl halides is 3. The van der Waals surface area contributed by atoms with Gasteiger partial charge in [-0.1, -0.05) is 12.1 Å². The summed E-state index contributed by atoms with van der Waals surface area (Å²) in [5, 5.41) is 4.38. The predicted molar refractivity (Wildman–Crippen MR) is 86.2 cm³/mol. The number of halogens is 4. The molecule has 0 saturated heterocycles. The molecule has 0 aliphatic heterocycles. The SMILES string of the molecule is CCOC(=O)c1nn(Cc2cccc(C(F)(F)F)c2)c2ccc(F)cc12. The molecule has 136 valence electrons. The molecule has 3 rings (SSSR count). The average Bonchev–Trinajstić information content (AvgIpc) is 2.92. The molecule has 0 atom stereocenters. The number of esters is 1. The Balaban J connectivity index is 2.05. The molecule has 0 radical (unpaired) electrons. The van der Waals surface area contributed by atoms with Crippen LogP contribution in [0.5, 0.6) is 0 Å². The van der Waals surface area contributed by atoms with Crippen LogP contribution in [0.25, 0.3) is 10.9 Å². The van der Waals surface area contributed by atoms with Gasteiger partial charge in [0.25, 0.3) is 0 Å². The Morgan fingerprint density at radius 2 is 1.96 bits per heavy atom. The van der Waals surface area contributed by atoms with E-state index in [1.54, 1.807) is 6.92 Å². The van der Waals surface area contributed by atoms with Crippen LogP contribution >= 0.6 is 0 Å². The number of ether oxygens (including phenoxy) is 1. The average molecular weight is 366 g/mol. The van der Waals surface area contributed by atoms with Gasteiger partial charge in [-0.15, -0.1) is 0 Å². The van der Waals surface area contributed by atoms with Gasteiger partial charge in [-0.2, -0.15) is 18.3 Å². The Hall–Kier alpha value is -2.90. The molecule has 0 saturated carbocycles. The van der Waals surface area contributed by atoms with Crippen LogP contribution in [0.15, 0.2) is 42.5 Å². The van der Waals surface area contributed by atoms with Gasteiger partial charge in [-0.05, 0) is 42.8 Å². The third-order valence-corrected chi connectivity index (χ3v) is 3.77. The molecule has 26 heavy (non-hydrogen) atoms. The topological polar surface area (TPSA) is 44.1 Å². The maximum Gasteiger partial charge on any atom is 0.416 e. The van der Waals surface area contributed by atoms with E-state index in [2.05, 4.69) is 5.10 Å². The fourth-order valence-electron chi connectivity index (χ4n) is 2.64. The normalized spacial score (nSPS) is 11.7. The third-order valence-electron chi connectivity index (χ3n) is 3.77. The molecule has 0 unspecified atom stereocenters. The summed E-state index contributed by atoms with van der Waals surface area (Å²) in [7, 11) is 0. The fraction of sp³-hybridized carbons (Fsp3) is 0.222. The highest BCUT2D eigenvalue weighted by Gasteiger charge is 2.30. The highest BCUT2D eigenvalue weighted by molar-refractivity contribution is 6.02. The van der Waals surface area contributed by atoms with E-state index in [1.807, 2.05) is 0 Å². The molecule has 0 aliphatic carbocycles. The summed E-state index contributed by atoms with van der Waals surface area (Å²) < 4.78 is 58.5. The summed E-state index contributed by atoms with van der Waals surface area (Å²) in [5.41, 5.74) is -0.0766. The zero-order valence-corrected chi connectivity index (χ0v) is 13.7. The number of carbonyl (C=O) groups is 1. The molecule has 4 nitrogen and oxygen atoms in total. The third kappa shape index (κ3) is 3.54. The van der Waals surface area contributed by atoms with E-state index in [0.29, 0.717) is 11.1 Å². The van der Waals surface area contributed by atoms with Crippen molar-refractivity contribution < 1.29 is 27.1 Å². The molecule has 3 aromatic rings. The number of hydrogen-bond acceptors (Lipinski definition) is 3. The first-order valence-electron chi connectivity index (χ1n) is 7.79. The van der Waals surface area contributed by atoms with Gasteiger partial charge in [0.1, 0.15) is 5.82 Å². The van der Waals surface area contributed by atoms with Gasteiger partial charge in [-0.3, -0.25) is 4.68 Å². The van der Waals surface area contributed by atoms with Gasteiger partial charge in [0.2, 0.25) is 0 Å². The molecular weight excluding hydrogens is 352 g/mol. The van der Waals surface area contributed by atoms with Crippen molar-refractivity contribution >= 4 is 16.9 Å². The summed E-state index contributed by atoms with van der Waals surface area (Å²) >= 11 is 0. The molecule has 0 aliphatic rings. The van der Waals surface area contributed by atoms with Crippen molar-refractivity contribution in [1.29, 1.82) is 0 Å². The number of benzene rings is 2. The van der Waals surface area contributed by atoms with Crippen LogP contribution < -0.4 is 0 Å². The summed E-state index contributed by atoms with van der Waals surface area (Å²) in [6.45, 7) is 1.74. The van der Waals surface area contributed by atoms with Gasteiger partial charge in [0.05, 0.1) is 24.2 Å². The smallest absolute Gasteiger partial charge is 0.416 e. The highest BCUT2D eigenvalue weighted by atomic mass is 19.4. The quantitative estimate of drug-likeness (QED) is 0.507. The van der Waals surface area contributed by atoms with Gasteiger partial charge >= 0.3 is 12.1 Å². The van der Waals surface area contributed by atoms with Gasteiger partial charge in [0, 0.05) is 5.39 Å². The molecule has 0 amide bonds. The van der Waals surface area contributed by atoms with Crippen LogP contribution in [0.4, 0.5) is 17.6 Å². The van der Waals surface area contributed by atoms with E-state index >= 15 is 0 Å². The molecule has 0 fully saturated rings. The second kappa shape index (κ2) is 6.78. The summed E-state index contributed by atoms with van der Waals surface area (Å²) in [5.74, 6) is -1.27. The Morgan fingerprint density at radius 1 is 1.19 bits per heavy atom. The first-order valence-corrected chi connectivity index (χ1v) is 7.79. The number of rotatable bonds is 4. The summed E-state index contributed by atoms with van der Waals surface area (Å²) in [6, 6.07) is 8.59. The van der Waals surface area contributed by atoms with Gasteiger partial charge < -0.3 is 4.74 Å². The van der Waals surface area contributed by atoms with Crippen molar-refractivity contribution in [2.45, 2.75) is 19.6 Å². The maximum atomic E-state index is 13.6. The van der Waals surface area contributed by atoms with Crippen molar-refractivity contribution in [3.8, 4) is 0 Å². The van der Waals surface area contributed by atoms with E-state index < -0.39 is 23.5 Å². The van der Waals surface area contributed by atoms with E-state index in [0.717, 1.165) is 18.2 Å². The van der Waals surface area contributed by atoms with Gasteiger partial charge in [0.15, 0.2) is 5.69 Å². The zero-order valence-electron chi connectivity index (χ0n) is 13.7. The van der Waals surface area contributed by atoms with Crippen molar-refractivity contribution in [2.24, 2.45) is 0 Å². The molecule has 1 heterocycles. The highest BCUT2D eigenvalue weighted by Crippen LogP contribution is 2.30. The summed E-state index contributed by atoms with van der Waals surface area (Å²) in [4.78, 5) is 12.1. The van der Waals surface area contributed by atoms with E-state index in [1.165, 1.54) is 28.9 Å². The summed E-state index contributed by atoms with van der Waals surface area (Å²) in [6.07, 6.45) is -4.46. The number of carbonyl (C=O) groups excluding carboxylic acids is 1. The standard InChI is InChI=1S/C18H14F4N2O2/c1-2-26-17(25)16-14-9-13(19)6-7-15(14)24(23-16)10-11-4-3-5-12(8-11)18(20,21)22/h3-9H,2,10H2,1H3. The van der Waals surface area contributed by atoms with Crippen molar-refractivity contribution in [3.05, 3.63) is 65.1 Å². The molecule has 2 aromatic carbocycles. The largest absolute Gasteiger partial charge is 0.461 e. The van der Waals surface area contributed by atoms with Crippen LogP contribution in [0, 0.1) is 5.82 Å². The second-order valence-electron chi connectivity index (χ2n) is 5.59. The number of fused-ring (bicyclic) bond motifs is 1. The molecular formula is C18H14F4N2O2. The van der Waals surface area contributed by atoms with Crippen molar-refractivity contribution in [3.63, 3.8) is 0 Å².